The fourth-order valence-electron chi connectivity index (χ4n) is 3.53. The van der Waals surface area contributed by atoms with Crippen molar-refractivity contribution in [3.8, 4) is 0 Å². The van der Waals surface area contributed by atoms with Crippen LogP contribution in [-0.2, 0) is 4.79 Å². The van der Waals surface area contributed by atoms with Gasteiger partial charge in [0.15, 0.2) is 0 Å². The van der Waals surface area contributed by atoms with E-state index in [0.29, 0.717) is 11.3 Å². The summed E-state index contributed by atoms with van der Waals surface area (Å²) in [6, 6.07) is 19.5. The van der Waals surface area contributed by atoms with Crippen LogP contribution in [0.2, 0.25) is 0 Å². The van der Waals surface area contributed by atoms with Gasteiger partial charge in [0.1, 0.15) is 11.2 Å². The topological polar surface area (TPSA) is 49.4 Å². The quantitative estimate of drug-likeness (QED) is 0.609. The van der Waals surface area contributed by atoms with E-state index >= 15 is 0 Å². The summed E-state index contributed by atoms with van der Waals surface area (Å²) in [5.74, 6) is -0.478. The van der Waals surface area contributed by atoms with Gasteiger partial charge >= 0.3 is 0 Å². The molecule has 2 amide bonds. The van der Waals surface area contributed by atoms with Gasteiger partial charge in [-0.05, 0) is 60.9 Å². The van der Waals surface area contributed by atoms with Crippen molar-refractivity contribution < 1.29 is 14.0 Å². The van der Waals surface area contributed by atoms with Crippen molar-refractivity contribution in [1.29, 1.82) is 0 Å². The number of nitrogens with one attached hydrogen (secondary N) is 1. The number of rotatable bonds is 4. The van der Waals surface area contributed by atoms with Gasteiger partial charge in [0.05, 0.1) is 11.4 Å². The fourth-order valence-corrected chi connectivity index (χ4v) is 4.69. The Labute approximate surface area is 179 Å². The van der Waals surface area contributed by atoms with Crippen LogP contribution in [0.15, 0.2) is 66.7 Å². The van der Waals surface area contributed by atoms with Crippen LogP contribution in [0, 0.1) is 19.7 Å². The first-order chi connectivity index (χ1) is 14.4. The zero-order chi connectivity index (χ0) is 21.3. The third kappa shape index (κ3) is 3.96. The SMILES string of the molecule is Cc1ccc(F)c(N2C(=O)CSC2c2cccc(NC(=O)c3ccccc3C)c2)c1. The lowest BCUT2D eigenvalue weighted by molar-refractivity contribution is -0.115. The number of benzene rings is 3. The number of aryl methyl sites for hydroxylation is 2. The van der Waals surface area contributed by atoms with E-state index in [1.54, 1.807) is 24.3 Å². The van der Waals surface area contributed by atoms with Gasteiger partial charge in [0.25, 0.3) is 5.91 Å². The maximum atomic E-state index is 14.5. The third-order valence-corrected chi connectivity index (χ3v) is 6.26. The highest BCUT2D eigenvalue weighted by Crippen LogP contribution is 2.43. The number of thioether (sulfide) groups is 1. The van der Waals surface area contributed by atoms with E-state index < -0.39 is 5.82 Å². The maximum absolute atomic E-state index is 14.5. The van der Waals surface area contributed by atoms with Crippen LogP contribution in [0.25, 0.3) is 0 Å². The molecule has 1 aliphatic heterocycles. The number of anilines is 2. The van der Waals surface area contributed by atoms with E-state index in [9.17, 15) is 14.0 Å². The van der Waals surface area contributed by atoms with Gasteiger partial charge in [-0.25, -0.2) is 4.39 Å². The zero-order valence-corrected chi connectivity index (χ0v) is 17.5. The maximum Gasteiger partial charge on any atom is 0.255 e. The smallest absolute Gasteiger partial charge is 0.255 e. The van der Waals surface area contributed by atoms with E-state index in [-0.39, 0.29) is 28.6 Å². The molecule has 1 unspecified atom stereocenters. The van der Waals surface area contributed by atoms with Crippen LogP contribution in [0.4, 0.5) is 15.8 Å². The minimum absolute atomic E-state index is 0.135. The van der Waals surface area contributed by atoms with Crippen LogP contribution >= 0.6 is 11.8 Å². The minimum Gasteiger partial charge on any atom is -0.322 e. The summed E-state index contributed by atoms with van der Waals surface area (Å²) in [4.78, 5) is 26.7. The van der Waals surface area contributed by atoms with Crippen molar-refractivity contribution >= 4 is 35.0 Å². The van der Waals surface area contributed by atoms with E-state index in [0.717, 1.165) is 16.7 Å². The molecule has 0 radical (unpaired) electrons. The Balaban J connectivity index is 1.63. The molecular formula is C24H21FN2O2S. The van der Waals surface area contributed by atoms with Gasteiger partial charge < -0.3 is 5.32 Å². The van der Waals surface area contributed by atoms with E-state index in [1.807, 2.05) is 50.2 Å². The molecule has 1 heterocycles. The highest BCUT2D eigenvalue weighted by Gasteiger charge is 2.35. The van der Waals surface area contributed by atoms with Gasteiger partial charge in [-0.15, -0.1) is 11.8 Å². The average Bonchev–Trinajstić information content (AvgIpc) is 3.11. The Morgan fingerprint density at radius 2 is 1.87 bits per heavy atom. The molecule has 1 fully saturated rings. The van der Waals surface area contributed by atoms with Gasteiger partial charge in [-0.2, -0.15) is 0 Å². The second-order valence-electron chi connectivity index (χ2n) is 7.28. The Bertz CT molecular complexity index is 1130. The van der Waals surface area contributed by atoms with Gasteiger partial charge in [0, 0.05) is 11.3 Å². The van der Waals surface area contributed by atoms with Crippen molar-refractivity contribution in [2.24, 2.45) is 0 Å². The molecule has 3 aromatic rings. The Morgan fingerprint density at radius 1 is 1.07 bits per heavy atom. The predicted octanol–water partition coefficient (Wildman–Crippen LogP) is 5.47. The van der Waals surface area contributed by atoms with Crippen molar-refractivity contribution in [2.75, 3.05) is 16.0 Å². The summed E-state index contributed by atoms with van der Waals surface area (Å²) < 4.78 is 14.5. The molecular weight excluding hydrogens is 399 g/mol. The summed E-state index contributed by atoms with van der Waals surface area (Å²) in [6.07, 6.45) is 0. The Kier molecular flexibility index (Phi) is 5.59. The predicted molar refractivity (Wildman–Crippen MR) is 119 cm³/mol. The largest absolute Gasteiger partial charge is 0.322 e. The number of carbonyl (C=O) groups excluding carboxylic acids is 2. The molecule has 0 bridgehead atoms. The lowest BCUT2D eigenvalue weighted by Gasteiger charge is -2.25. The van der Waals surface area contributed by atoms with Crippen LogP contribution in [0.3, 0.4) is 0 Å². The fraction of sp³-hybridized carbons (Fsp3) is 0.167. The molecule has 0 saturated carbocycles. The lowest BCUT2D eigenvalue weighted by atomic mass is 10.1. The van der Waals surface area contributed by atoms with Gasteiger partial charge in [0.2, 0.25) is 5.91 Å². The molecule has 0 spiro atoms. The van der Waals surface area contributed by atoms with E-state index in [2.05, 4.69) is 5.32 Å². The number of nitrogens with zero attached hydrogens (tertiary/aromatic N) is 1. The molecule has 4 nitrogen and oxygen atoms in total. The van der Waals surface area contributed by atoms with Crippen molar-refractivity contribution in [3.63, 3.8) is 0 Å². The summed E-state index contributed by atoms with van der Waals surface area (Å²) in [5, 5.41) is 2.57. The molecule has 1 atom stereocenters. The van der Waals surface area contributed by atoms with Crippen LogP contribution in [0.1, 0.15) is 32.4 Å². The second-order valence-corrected chi connectivity index (χ2v) is 8.35. The van der Waals surface area contributed by atoms with Crippen molar-refractivity contribution in [2.45, 2.75) is 19.2 Å². The molecule has 0 aliphatic carbocycles. The Hall–Kier alpha value is -3.12. The third-order valence-electron chi connectivity index (χ3n) is 5.05. The molecule has 3 aromatic carbocycles. The van der Waals surface area contributed by atoms with Crippen LogP contribution in [-0.4, -0.2) is 17.6 Å². The number of carbonyl (C=O) groups is 2. The second kappa shape index (κ2) is 8.32. The molecule has 0 aromatic heterocycles. The molecule has 1 aliphatic rings. The molecule has 1 saturated heterocycles. The summed E-state index contributed by atoms with van der Waals surface area (Å²) >= 11 is 1.44. The first kappa shape index (κ1) is 20.2. The van der Waals surface area contributed by atoms with E-state index in [1.165, 1.54) is 22.7 Å². The standard InChI is InChI=1S/C24H21FN2O2S/c1-15-10-11-20(25)21(12-15)27-22(28)14-30-24(27)17-7-5-8-18(13-17)26-23(29)19-9-4-3-6-16(19)2/h3-13,24H,14H2,1-2H3,(H,26,29). The number of hydrogen-bond acceptors (Lipinski definition) is 3. The van der Waals surface area contributed by atoms with Crippen molar-refractivity contribution in [1.82, 2.24) is 0 Å². The molecule has 4 rings (SSSR count). The highest BCUT2D eigenvalue weighted by molar-refractivity contribution is 8.00. The normalized spacial score (nSPS) is 16.0. The number of amides is 2. The van der Waals surface area contributed by atoms with Crippen LogP contribution in [0.5, 0.6) is 0 Å². The summed E-state index contributed by atoms with van der Waals surface area (Å²) in [5.41, 5.74) is 4.12. The number of hydrogen-bond donors (Lipinski definition) is 1. The van der Waals surface area contributed by atoms with Crippen LogP contribution < -0.4 is 10.2 Å². The highest BCUT2D eigenvalue weighted by atomic mass is 32.2. The average molecular weight is 421 g/mol. The Morgan fingerprint density at radius 3 is 2.67 bits per heavy atom. The molecule has 1 N–H and O–H groups in total. The first-order valence-electron chi connectivity index (χ1n) is 9.61. The summed E-state index contributed by atoms with van der Waals surface area (Å²) in [7, 11) is 0. The molecule has 30 heavy (non-hydrogen) atoms. The lowest BCUT2D eigenvalue weighted by Crippen LogP contribution is -2.28. The van der Waals surface area contributed by atoms with E-state index in [4.69, 9.17) is 0 Å². The molecule has 152 valence electrons. The summed E-state index contributed by atoms with van der Waals surface area (Å²) in [6.45, 7) is 3.76. The molecule has 6 heteroatoms. The minimum atomic E-state index is -0.425. The van der Waals surface area contributed by atoms with Gasteiger partial charge in [-0.3, -0.25) is 14.5 Å². The number of halogens is 1. The first-order valence-corrected chi connectivity index (χ1v) is 10.7. The van der Waals surface area contributed by atoms with Gasteiger partial charge in [-0.1, -0.05) is 36.4 Å². The zero-order valence-electron chi connectivity index (χ0n) is 16.7. The monoisotopic (exact) mass is 420 g/mol. The van der Waals surface area contributed by atoms with Crippen molar-refractivity contribution in [3.05, 3.63) is 94.8 Å².